The minimum atomic E-state index is -0.676. The Balaban J connectivity index is 1.89. The number of hydrogen-bond acceptors (Lipinski definition) is 5. The third-order valence-corrected chi connectivity index (χ3v) is 4.26. The van der Waals surface area contributed by atoms with Crippen LogP contribution >= 0.6 is 0 Å². The number of pyridine rings is 1. The van der Waals surface area contributed by atoms with E-state index in [0.29, 0.717) is 35.4 Å². The molecule has 0 fully saturated rings. The van der Waals surface area contributed by atoms with Gasteiger partial charge in [0.2, 0.25) is 0 Å². The van der Waals surface area contributed by atoms with Gasteiger partial charge < -0.3 is 24.9 Å². The number of fused-ring (bicyclic) bond motifs is 1. The number of nitrogens with one attached hydrogen (secondary N) is 2. The monoisotopic (exact) mass is 368 g/mol. The van der Waals surface area contributed by atoms with E-state index in [4.69, 9.17) is 9.47 Å². The minimum Gasteiger partial charge on any atom is -0.506 e. The van der Waals surface area contributed by atoms with Crippen LogP contribution in [-0.2, 0) is 6.42 Å². The number of carbonyl (C=O) groups is 1. The summed E-state index contributed by atoms with van der Waals surface area (Å²) in [6.07, 6.45) is 0.615. The first kappa shape index (κ1) is 18.3. The molecule has 3 aromatic rings. The molecule has 2 aromatic carbocycles. The van der Waals surface area contributed by atoms with Crippen molar-refractivity contribution in [2.75, 3.05) is 20.8 Å². The fourth-order valence-electron chi connectivity index (χ4n) is 2.87. The molecule has 0 saturated heterocycles. The van der Waals surface area contributed by atoms with Crippen LogP contribution in [0.5, 0.6) is 17.2 Å². The molecule has 7 nitrogen and oxygen atoms in total. The topological polar surface area (TPSA) is 101 Å². The molecular weight excluding hydrogens is 348 g/mol. The number of amides is 1. The Kier molecular flexibility index (Phi) is 5.30. The Bertz CT molecular complexity index is 1030. The lowest BCUT2D eigenvalue weighted by Crippen LogP contribution is -2.31. The smallest absolute Gasteiger partial charge is 0.265 e. The molecule has 0 unspecified atom stereocenters. The van der Waals surface area contributed by atoms with Gasteiger partial charge in [0, 0.05) is 18.0 Å². The van der Waals surface area contributed by atoms with E-state index < -0.39 is 17.2 Å². The van der Waals surface area contributed by atoms with Gasteiger partial charge in [-0.15, -0.1) is 0 Å². The summed E-state index contributed by atoms with van der Waals surface area (Å²) in [5, 5.41) is 13.5. The normalized spacial score (nSPS) is 10.6. The summed E-state index contributed by atoms with van der Waals surface area (Å²) in [6.45, 7) is 0.339. The summed E-state index contributed by atoms with van der Waals surface area (Å²) in [5.41, 5.74) is 0.398. The lowest BCUT2D eigenvalue weighted by atomic mass is 10.1. The highest BCUT2D eigenvalue weighted by Gasteiger charge is 2.20. The van der Waals surface area contributed by atoms with Crippen LogP contribution < -0.4 is 20.3 Å². The SMILES string of the molecule is COc1cc2[nH]c(=O)c(C(=O)NCCc3ccccc3)c(O)c2cc1OC. The summed E-state index contributed by atoms with van der Waals surface area (Å²) >= 11 is 0. The van der Waals surface area contributed by atoms with Crippen molar-refractivity contribution >= 4 is 16.8 Å². The van der Waals surface area contributed by atoms with E-state index in [9.17, 15) is 14.7 Å². The predicted octanol–water partition coefficient (Wildman–Crippen LogP) is 2.22. The van der Waals surface area contributed by atoms with Crippen molar-refractivity contribution in [2.24, 2.45) is 0 Å². The molecule has 140 valence electrons. The number of aromatic amines is 1. The van der Waals surface area contributed by atoms with Gasteiger partial charge in [0.05, 0.1) is 19.7 Å². The van der Waals surface area contributed by atoms with Gasteiger partial charge in [-0.05, 0) is 18.1 Å². The third kappa shape index (κ3) is 3.72. The number of benzene rings is 2. The van der Waals surface area contributed by atoms with E-state index in [1.807, 2.05) is 30.3 Å². The molecule has 1 aromatic heterocycles. The molecule has 0 aliphatic rings. The maximum atomic E-state index is 12.5. The lowest BCUT2D eigenvalue weighted by Gasteiger charge is -2.12. The largest absolute Gasteiger partial charge is 0.506 e. The Morgan fingerprint density at radius 1 is 1.11 bits per heavy atom. The zero-order chi connectivity index (χ0) is 19.4. The standard InChI is InChI=1S/C20H20N2O5/c1-26-15-10-13-14(11-16(15)27-2)22-20(25)17(18(13)23)19(24)21-9-8-12-6-4-3-5-7-12/h3-7,10-11H,8-9H2,1-2H3,(H,21,24)(H2,22,23,25). The molecular formula is C20H20N2O5. The van der Waals surface area contributed by atoms with Crippen molar-refractivity contribution in [3.8, 4) is 17.2 Å². The first-order valence-electron chi connectivity index (χ1n) is 8.38. The van der Waals surface area contributed by atoms with Crippen LogP contribution in [0.3, 0.4) is 0 Å². The number of methoxy groups -OCH3 is 2. The van der Waals surface area contributed by atoms with E-state index in [-0.39, 0.29) is 5.56 Å². The minimum absolute atomic E-state index is 0.292. The number of aromatic nitrogens is 1. The summed E-state index contributed by atoms with van der Waals surface area (Å²) in [4.78, 5) is 27.4. The summed E-state index contributed by atoms with van der Waals surface area (Å²) in [6, 6.07) is 12.7. The molecule has 27 heavy (non-hydrogen) atoms. The van der Waals surface area contributed by atoms with Gasteiger partial charge in [0.1, 0.15) is 11.3 Å². The van der Waals surface area contributed by atoms with Crippen molar-refractivity contribution in [3.05, 3.63) is 63.9 Å². The van der Waals surface area contributed by atoms with Gasteiger partial charge in [0.15, 0.2) is 11.5 Å². The van der Waals surface area contributed by atoms with Gasteiger partial charge in [-0.2, -0.15) is 0 Å². The van der Waals surface area contributed by atoms with Gasteiger partial charge >= 0.3 is 0 Å². The average molecular weight is 368 g/mol. The van der Waals surface area contributed by atoms with Crippen LogP contribution in [0.1, 0.15) is 15.9 Å². The molecule has 3 rings (SSSR count). The van der Waals surface area contributed by atoms with Gasteiger partial charge in [-0.25, -0.2) is 0 Å². The van der Waals surface area contributed by atoms with Gasteiger partial charge in [-0.1, -0.05) is 30.3 Å². The number of carbonyl (C=O) groups excluding carboxylic acids is 1. The first-order chi connectivity index (χ1) is 13.0. The van der Waals surface area contributed by atoms with Crippen LogP contribution in [0.2, 0.25) is 0 Å². The quantitative estimate of drug-likeness (QED) is 0.619. The fourth-order valence-corrected chi connectivity index (χ4v) is 2.87. The average Bonchev–Trinajstić information content (AvgIpc) is 2.68. The van der Waals surface area contributed by atoms with E-state index in [0.717, 1.165) is 5.56 Å². The maximum Gasteiger partial charge on any atom is 0.265 e. The number of H-pyrrole nitrogens is 1. The number of aromatic hydroxyl groups is 1. The van der Waals surface area contributed by atoms with E-state index in [2.05, 4.69) is 10.3 Å². The molecule has 1 amide bonds. The molecule has 7 heteroatoms. The molecule has 0 atom stereocenters. The van der Waals surface area contributed by atoms with Gasteiger partial charge in [-0.3, -0.25) is 9.59 Å². The van der Waals surface area contributed by atoms with Crippen LogP contribution in [0.25, 0.3) is 10.9 Å². The summed E-state index contributed by atoms with van der Waals surface area (Å²) < 4.78 is 10.4. The van der Waals surface area contributed by atoms with Crippen molar-refractivity contribution in [1.29, 1.82) is 0 Å². The Labute approximate surface area is 155 Å². The zero-order valence-electron chi connectivity index (χ0n) is 15.0. The van der Waals surface area contributed by atoms with Crippen molar-refractivity contribution in [1.82, 2.24) is 10.3 Å². The molecule has 0 saturated carbocycles. The fraction of sp³-hybridized carbons (Fsp3) is 0.200. The zero-order valence-corrected chi connectivity index (χ0v) is 15.0. The Morgan fingerprint density at radius 2 is 1.78 bits per heavy atom. The van der Waals surface area contributed by atoms with Crippen LogP contribution in [0, 0.1) is 0 Å². The Morgan fingerprint density at radius 3 is 2.44 bits per heavy atom. The molecule has 3 N–H and O–H groups in total. The number of hydrogen-bond donors (Lipinski definition) is 3. The second kappa shape index (κ2) is 7.82. The highest BCUT2D eigenvalue weighted by atomic mass is 16.5. The summed E-state index contributed by atoms with van der Waals surface area (Å²) in [7, 11) is 2.93. The van der Waals surface area contributed by atoms with Crippen molar-refractivity contribution in [2.45, 2.75) is 6.42 Å². The molecule has 0 bridgehead atoms. The molecule has 0 spiro atoms. The van der Waals surface area contributed by atoms with Gasteiger partial charge in [0.25, 0.3) is 11.5 Å². The summed E-state index contributed by atoms with van der Waals surface area (Å²) in [5.74, 6) is -0.254. The lowest BCUT2D eigenvalue weighted by molar-refractivity contribution is 0.0950. The van der Waals surface area contributed by atoms with E-state index >= 15 is 0 Å². The molecule has 0 aliphatic carbocycles. The number of ether oxygens (including phenoxy) is 2. The highest BCUT2D eigenvalue weighted by Crippen LogP contribution is 2.35. The first-order valence-corrected chi connectivity index (χ1v) is 8.38. The maximum absolute atomic E-state index is 12.5. The van der Waals surface area contributed by atoms with Crippen molar-refractivity contribution in [3.63, 3.8) is 0 Å². The second-order valence-corrected chi connectivity index (χ2v) is 5.92. The predicted molar refractivity (Wildman–Crippen MR) is 102 cm³/mol. The van der Waals surface area contributed by atoms with Crippen LogP contribution in [0.15, 0.2) is 47.3 Å². The second-order valence-electron chi connectivity index (χ2n) is 5.92. The van der Waals surface area contributed by atoms with E-state index in [1.165, 1.54) is 26.4 Å². The molecule has 0 radical (unpaired) electrons. The molecule has 1 heterocycles. The van der Waals surface area contributed by atoms with Crippen LogP contribution in [0.4, 0.5) is 0 Å². The Hall–Kier alpha value is -3.48. The van der Waals surface area contributed by atoms with Crippen LogP contribution in [-0.4, -0.2) is 36.8 Å². The highest BCUT2D eigenvalue weighted by molar-refractivity contribution is 6.02. The molecule has 0 aliphatic heterocycles. The van der Waals surface area contributed by atoms with Crippen molar-refractivity contribution < 1.29 is 19.4 Å². The number of rotatable bonds is 6. The third-order valence-electron chi connectivity index (χ3n) is 4.26. The van der Waals surface area contributed by atoms with E-state index in [1.54, 1.807) is 0 Å².